The van der Waals surface area contributed by atoms with Crippen LogP contribution in [0.3, 0.4) is 0 Å². The second kappa shape index (κ2) is 7.44. The van der Waals surface area contributed by atoms with Gasteiger partial charge in [-0.2, -0.15) is 0 Å². The molecule has 0 radical (unpaired) electrons. The molecule has 0 unspecified atom stereocenters. The zero-order valence-electron chi connectivity index (χ0n) is 13.7. The van der Waals surface area contributed by atoms with Gasteiger partial charge in [-0.1, -0.05) is 18.2 Å². The number of benzene rings is 2. The van der Waals surface area contributed by atoms with E-state index in [0.29, 0.717) is 17.1 Å². The molecule has 0 saturated heterocycles. The van der Waals surface area contributed by atoms with Gasteiger partial charge in [-0.05, 0) is 42.8 Å². The van der Waals surface area contributed by atoms with Gasteiger partial charge >= 0.3 is 0 Å². The number of anilines is 2. The van der Waals surface area contributed by atoms with E-state index in [1.54, 1.807) is 24.4 Å². The lowest BCUT2D eigenvalue weighted by atomic mass is 10.1. The van der Waals surface area contributed by atoms with Crippen LogP contribution in [0.15, 0.2) is 65.5 Å². The minimum absolute atomic E-state index is 0.252. The summed E-state index contributed by atoms with van der Waals surface area (Å²) in [6, 6.07) is 14.4. The number of nitrogens with one attached hydrogen (secondary N) is 2. The zero-order valence-corrected chi connectivity index (χ0v) is 13.7. The van der Waals surface area contributed by atoms with Gasteiger partial charge < -0.3 is 15.1 Å². The van der Waals surface area contributed by atoms with Crippen molar-refractivity contribution in [1.29, 1.82) is 0 Å². The summed E-state index contributed by atoms with van der Waals surface area (Å²) >= 11 is 0. The van der Waals surface area contributed by atoms with E-state index < -0.39 is 0 Å². The second-order valence-corrected chi connectivity index (χ2v) is 5.53. The van der Waals surface area contributed by atoms with Gasteiger partial charge in [-0.3, -0.25) is 9.59 Å². The van der Waals surface area contributed by atoms with E-state index >= 15 is 0 Å². The predicted octanol–water partition coefficient (Wildman–Crippen LogP) is 3.62. The van der Waals surface area contributed by atoms with Crippen molar-refractivity contribution in [2.75, 3.05) is 10.6 Å². The molecular formula is C19H17N3O3. The van der Waals surface area contributed by atoms with E-state index in [0.717, 1.165) is 11.1 Å². The van der Waals surface area contributed by atoms with Crippen LogP contribution in [0.25, 0.3) is 11.3 Å². The number of hydrogen-bond acceptors (Lipinski definition) is 4. The Kier molecular flexibility index (Phi) is 4.89. The van der Waals surface area contributed by atoms with Gasteiger partial charge in [0.1, 0.15) is 6.42 Å². The smallest absolute Gasteiger partial charge is 0.233 e. The molecule has 1 aromatic heterocycles. The standard InChI is InChI=1S/C19H17N3O3/c1-13-9-15(7-8-16(13)17-11-20-12-25-17)22-19(24)10-18(23)21-14-5-3-2-4-6-14/h2-9,11-12H,10H2,1H3,(H,21,23)(H,22,24). The lowest BCUT2D eigenvalue weighted by molar-refractivity contribution is -0.123. The fraction of sp³-hybridized carbons (Fsp3) is 0.105. The highest BCUT2D eigenvalue weighted by molar-refractivity contribution is 6.08. The second-order valence-electron chi connectivity index (χ2n) is 5.53. The van der Waals surface area contributed by atoms with Crippen LogP contribution in [0.4, 0.5) is 11.4 Å². The Balaban J connectivity index is 1.59. The van der Waals surface area contributed by atoms with Crippen molar-refractivity contribution in [3.8, 4) is 11.3 Å². The van der Waals surface area contributed by atoms with Crippen LogP contribution in [0, 0.1) is 6.92 Å². The fourth-order valence-electron chi connectivity index (χ4n) is 2.44. The van der Waals surface area contributed by atoms with Crippen LogP contribution in [0.5, 0.6) is 0 Å². The van der Waals surface area contributed by atoms with E-state index in [9.17, 15) is 9.59 Å². The first-order chi connectivity index (χ1) is 12.1. The molecule has 0 saturated carbocycles. The summed E-state index contributed by atoms with van der Waals surface area (Å²) in [4.78, 5) is 27.8. The maximum atomic E-state index is 12.0. The van der Waals surface area contributed by atoms with E-state index in [2.05, 4.69) is 15.6 Å². The minimum Gasteiger partial charge on any atom is -0.444 e. The lowest BCUT2D eigenvalue weighted by Crippen LogP contribution is -2.21. The number of hydrogen-bond donors (Lipinski definition) is 2. The fourth-order valence-corrected chi connectivity index (χ4v) is 2.44. The molecule has 0 fully saturated rings. The van der Waals surface area contributed by atoms with E-state index in [4.69, 9.17) is 4.42 Å². The third-order valence-electron chi connectivity index (χ3n) is 3.59. The molecule has 0 aliphatic heterocycles. The Bertz CT molecular complexity index is 874. The largest absolute Gasteiger partial charge is 0.444 e. The Labute approximate surface area is 144 Å². The zero-order chi connectivity index (χ0) is 17.6. The van der Waals surface area contributed by atoms with E-state index in [1.807, 2.05) is 37.3 Å². The van der Waals surface area contributed by atoms with Crippen molar-refractivity contribution >= 4 is 23.2 Å². The molecule has 0 bridgehead atoms. The Morgan fingerprint density at radius 3 is 2.36 bits per heavy atom. The summed E-state index contributed by atoms with van der Waals surface area (Å²) in [5.41, 5.74) is 3.12. The first kappa shape index (κ1) is 16.4. The summed E-state index contributed by atoms with van der Waals surface area (Å²) in [7, 11) is 0. The van der Waals surface area contributed by atoms with E-state index in [-0.39, 0.29) is 18.2 Å². The average Bonchev–Trinajstić information content (AvgIpc) is 3.09. The normalized spacial score (nSPS) is 10.3. The molecule has 3 aromatic rings. The SMILES string of the molecule is Cc1cc(NC(=O)CC(=O)Nc2ccccc2)ccc1-c1cnco1. The quantitative estimate of drug-likeness (QED) is 0.698. The van der Waals surface area contributed by atoms with Gasteiger partial charge in [-0.15, -0.1) is 0 Å². The number of oxazole rings is 1. The number of carbonyl (C=O) groups is 2. The molecule has 3 rings (SSSR count). The summed E-state index contributed by atoms with van der Waals surface area (Å²) in [5.74, 6) is -0.0726. The van der Waals surface area contributed by atoms with Crippen molar-refractivity contribution in [1.82, 2.24) is 4.98 Å². The average molecular weight is 335 g/mol. The molecule has 0 spiro atoms. The monoisotopic (exact) mass is 335 g/mol. The molecule has 0 aliphatic carbocycles. The molecule has 0 atom stereocenters. The maximum absolute atomic E-state index is 12.0. The van der Waals surface area contributed by atoms with E-state index in [1.165, 1.54) is 6.39 Å². The first-order valence-corrected chi connectivity index (χ1v) is 7.76. The van der Waals surface area contributed by atoms with Crippen LogP contribution in [-0.2, 0) is 9.59 Å². The van der Waals surface area contributed by atoms with Gasteiger partial charge in [0, 0.05) is 16.9 Å². The third kappa shape index (κ3) is 4.32. The van der Waals surface area contributed by atoms with Crippen LogP contribution >= 0.6 is 0 Å². The molecule has 2 N–H and O–H groups in total. The number of aromatic nitrogens is 1. The number of rotatable bonds is 5. The molecule has 25 heavy (non-hydrogen) atoms. The minimum atomic E-state index is -0.375. The summed E-state index contributed by atoms with van der Waals surface area (Å²) < 4.78 is 5.28. The van der Waals surface area contributed by atoms with Gasteiger partial charge in [0.15, 0.2) is 12.2 Å². The summed E-state index contributed by atoms with van der Waals surface area (Å²) in [5, 5.41) is 5.40. The van der Waals surface area contributed by atoms with Gasteiger partial charge in [0.25, 0.3) is 0 Å². The highest BCUT2D eigenvalue weighted by Crippen LogP contribution is 2.25. The first-order valence-electron chi connectivity index (χ1n) is 7.76. The van der Waals surface area contributed by atoms with Crippen molar-refractivity contribution in [2.24, 2.45) is 0 Å². The topological polar surface area (TPSA) is 84.2 Å². The molecule has 0 aliphatic rings. The Hall–Kier alpha value is -3.41. The Morgan fingerprint density at radius 2 is 1.72 bits per heavy atom. The lowest BCUT2D eigenvalue weighted by Gasteiger charge is -2.09. The number of amides is 2. The highest BCUT2D eigenvalue weighted by Gasteiger charge is 2.11. The molecular weight excluding hydrogens is 318 g/mol. The van der Waals surface area contributed by atoms with Crippen LogP contribution < -0.4 is 10.6 Å². The van der Waals surface area contributed by atoms with Gasteiger partial charge in [0.05, 0.1) is 6.20 Å². The summed E-state index contributed by atoms with van der Waals surface area (Å²) in [6.45, 7) is 1.91. The number of aryl methyl sites for hydroxylation is 1. The molecule has 6 nitrogen and oxygen atoms in total. The van der Waals surface area contributed by atoms with Gasteiger partial charge in [0.2, 0.25) is 11.8 Å². The number of nitrogens with zero attached hydrogens (tertiary/aromatic N) is 1. The van der Waals surface area contributed by atoms with Gasteiger partial charge in [-0.25, -0.2) is 4.98 Å². The van der Waals surface area contributed by atoms with Crippen molar-refractivity contribution < 1.29 is 14.0 Å². The van der Waals surface area contributed by atoms with Crippen LogP contribution in [0.2, 0.25) is 0 Å². The number of carbonyl (C=O) groups excluding carboxylic acids is 2. The van der Waals surface area contributed by atoms with Crippen molar-refractivity contribution in [3.63, 3.8) is 0 Å². The van der Waals surface area contributed by atoms with Crippen LogP contribution in [0.1, 0.15) is 12.0 Å². The highest BCUT2D eigenvalue weighted by atomic mass is 16.3. The molecule has 1 heterocycles. The molecule has 6 heteroatoms. The maximum Gasteiger partial charge on any atom is 0.233 e. The predicted molar refractivity (Wildman–Crippen MR) is 95.0 cm³/mol. The number of para-hydroxylation sites is 1. The summed E-state index contributed by atoms with van der Waals surface area (Å²) in [6.07, 6.45) is 2.75. The molecule has 2 amide bonds. The Morgan fingerprint density at radius 1 is 1.00 bits per heavy atom. The molecule has 126 valence electrons. The van der Waals surface area contributed by atoms with Crippen molar-refractivity contribution in [3.05, 3.63) is 66.7 Å². The van der Waals surface area contributed by atoms with Crippen molar-refractivity contribution in [2.45, 2.75) is 13.3 Å². The van der Waals surface area contributed by atoms with Crippen LogP contribution in [-0.4, -0.2) is 16.8 Å². The molecule has 2 aromatic carbocycles. The third-order valence-corrected chi connectivity index (χ3v) is 3.59.